The standard InChI is InChI=1S/C13H18N2O4S/c16-11-3-5-12(6-4-11)20(18,19)14-8-7-13(17)15-9-1-2-10-15/h3-6,14,16H,1-2,7-10H2. The third-order valence-electron chi connectivity index (χ3n) is 3.24. The fourth-order valence-corrected chi connectivity index (χ4v) is 3.16. The van der Waals surface area contributed by atoms with Gasteiger partial charge >= 0.3 is 0 Å². The quantitative estimate of drug-likeness (QED) is 0.837. The van der Waals surface area contributed by atoms with Crippen molar-refractivity contribution in [3.05, 3.63) is 24.3 Å². The number of likely N-dealkylation sites (tertiary alicyclic amines) is 1. The topological polar surface area (TPSA) is 86.7 Å². The zero-order valence-corrected chi connectivity index (χ0v) is 11.9. The van der Waals surface area contributed by atoms with E-state index in [4.69, 9.17) is 5.11 Å². The summed E-state index contributed by atoms with van der Waals surface area (Å²) in [5, 5.41) is 9.13. The van der Waals surface area contributed by atoms with Crippen molar-refractivity contribution in [2.75, 3.05) is 19.6 Å². The maximum absolute atomic E-state index is 11.9. The molecule has 0 spiro atoms. The van der Waals surface area contributed by atoms with Crippen molar-refractivity contribution >= 4 is 15.9 Å². The Hall–Kier alpha value is -1.60. The number of sulfonamides is 1. The highest BCUT2D eigenvalue weighted by atomic mass is 32.2. The summed E-state index contributed by atoms with van der Waals surface area (Å²) >= 11 is 0. The minimum absolute atomic E-state index is 0.00756. The summed E-state index contributed by atoms with van der Waals surface area (Å²) in [5.74, 6) is -0.0101. The van der Waals surface area contributed by atoms with Crippen LogP contribution < -0.4 is 4.72 Å². The van der Waals surface area contributed by atoms with Crippen LogP contribution in [0.4, 0.5) is 0 Å². The summed E-state index contributed by atoms with van der Waals surface area (Å²) in [6.07, 6.45) is 2.20. The molecule has 1 heterocycles. The van der Waals surface area contributed by atoms with Crippen LogP contribution in [0.2, 0.25) is 0 Å². The Kier molecular flexibility index (Phi) is 4.61. The van der Waals surface area contributed by atoms with Crippen molar-refractivity contribution in [3.63, 3.8) is 0 Å². The zero-order valence-electron chi connectivity index (χ0n) is 11.1. The molecule has 1 amide bonds. The molecule has 1 aromatic carbocycles. The van der Waals surface area contributed by atoms with E-state index < -0.39 is 10.0 Å². The molecule has 0 atom stereocenters. The lowest BCUT2D eigenvalue weighted by Gasteiger charge is -2.15. The van der Waals surface area contributed by atoms with Crippen molar-refractivity contribution in [1.82, 2.24) is 9.62 Å². The molecule has 20 heavy (non-hydrogen) atoms. The Labute approximate surface area is 118 Å². The van der Waals surface area contributed by atoms with E-state index in [2.05, 4.69) is 4.72 Å². The van der Waals surface area contributed by atoms with E-state index in [-0.39, 0.29) is 29.5 Å². The molecule has 1 fully saturated rings. The van der Waals surface area contributed by atoms with Gasteiger partial charge in [0.05, 0.1) is 4.90 Å². The maximum Gasteiger partial charge on any atom is 0.240 e. The number of nitrogens with zero attached hydrogens (tertiary/aromatic N) is 1. The molecule has 0 unspecified atom stereocenters. The summed E-state index contributed by atoms with van der Waals surface area (Å²) in [4.78, 5) is 13.6. The molecule has 1 saturated heterocycles. The van der Waals surface area contributed by atoms with E-state index >= 15 is 0 Å². The van der Waals surface area contributed by atoms with Crippen molar-refractivity contribution in [2.45, 2.75) is 24.2 Å². The molecule has 0 bridgehead atoms. The second-order valence-corrected chi connectivity index (χ2v) is 6.50. The number of amides is 1. The van der Waals surface area contributed by atoms with Gasteiger partial charge in [-0.3, -0.25) is 4.79 Å². The van der Waals surface area contributed by atoms with Gasteiger partial charge in [-0.25, -0.2) is 13.1 Å². The van der Waals surface area contributed by atoms with Crippen LogP contribution in [0.1, 0.15) is 19.3 Å². The average molecular weight is 298 g/mol. The van der Waals surface area contributed by atoms with Gasteiger partial charge in [-0.05, 0) is 37.1 Å². The normalized spacial score (nSPS) is 15.5. The molecule has 2 rings (SSSR count). The monoisotopic (exact) mass is 298 g/mol. The Morgan fingerprint density at radius 3 is 2.40 bits per heavy atom. The van der Waals surface area contributed by atoms with Crippen molar-refractivity contribution in [1.29, 1.82) is 0 Å². The number of nitrogens with one attached hydrogen (secondary N) is 1. The minimum Gasteiger partial charge on any atom is -0.508 e. The van der Waals surface area contributed by atoms with Crippen molar-refractivity contribution in [3.8, 4) is 5.75 Å². The molecule has 0 saturated carbocycles. The van der Waals surface area contributed by atoms with Gasteiger partial charge in [0.15, 0.2) is 0 Å². The summed E-state index contributed by atoms with van der Waals surface area (Å²) in [6, 6.07) is 5.26. The molecule has 110 valence electrons. The molecule has 1 aliphatic heterocycles. The van der Waals surface area contributed by atoms with Gasteiger partial charge in [0, 0.05) is 26.1 Å². The molecule has 7 heteroatoms. The van der Waals surface area contributed by atoms with Gasteiger partial charge in [-0.1, -0.05) is 0 Å². The van der Waals surface area contributed by atoms with Gasteiger partial charge < -0.3 is 10.0 Å². The Morgan fingerprint density at radius 1 is 1.20 bits per heavy atom. The molecule has 1 aliphatic rings. The van der Waals surface area contributed by atoms with Crippen LogP contribution in [-0.4, -0.2) is 44.0 Å². The Bertz CT molecular complexity index is 563. The lowest BCUT2D eigenvalue weighted by Crippen LogP contribution is -2.32. The second kappa shape index (κ2) is 6.23. The van der Waals surface area contributed by atoms with Crippen LogP contribution in [-0.2, 0) is 14.8 Å². The predicted molar refractivity (Wildman–Crippen MR) is 73.7 cm³/mol. The largest absolute Gasteiger partial charge is 0.508 e. The van der Waals surface area contributed by atoms with Gasteiger partial charge in [-0.2, -0.15) is 0 Å². The van der Waals surface area contributed by atoms with Gasteiger partial charge in [-0.15, -0.1) is 0 Å². The fraction of sp³-hybridized carbons (Fsp3) is 0.462. The number of hydrogen-bond donors (Lipinski definition) is 2. The molecule has 1 aromatic rings. The van der Waals surface area contributed by atoms with Crippen LogP contribution in [0, 0.1) is 0 Å². The predicted octanol–water partition coefficient (Wildman–Crippen LogP) is 0.683. The van der Waals surface area contributed by atoms with Crippen LogP contribution in [0.25, 0.3) is 0 Å². The third kappa shape index (κ3) is 3.71. The molecular formula is C13H18N2O4S. The Morgan fingerprint density at radius 2 is 1.80 bits per heavy atom. The van der Waals surface area contributed by atoms with Gasteiger partial charge in [0.2, 0.25) is 15.9 Å². The number of phenols is 1. The average Bonchev–Trinajstić information content (AvgIpc) is 2.93. The first-order valence-electron chi connectivity index (χ1n) is 6.55. The lowest BCUT2D eigenvalue weighted by atomic mass is 10.3. The molecule has 0 radical (unpaired) electrons. The van der Waals surface area contributed by atoms with E-state index in [9.17, 15) is 13.2 Å². The summed E-state index contributed by atoms with van der Waals surface area (Å²) in [5.41, 5.74) is 0. The number of phenolic OH excluding ortho intramolecular Hbond substituents is 1. The summed E-state index contributed by atoms with van der Waals surface area (Å²) < 4.78 is 26.2. The van der Waals surface area contributed by atoms with Crippen LogP contribution in [0.15, 0.2) is 29.2 Å². The van der Waals surface area contributed by atoms with Crippen molar-refractivity contribution in [2.24, 2.45) is 0 Å². The highest BCUT2D eigenvalue weighted by molar-refractivity contribution is 7.89. The van der Waals surface area contributed by atoms with E-state index in [1.807, 2.05) is 0 Å². The zero-order chi connectivity index (χ0) is 14.6. The second-order valence-electron chi connectivity index (χ2n) is 4.73. The van der Waals surface area contributed by atoms with E-state index in [0.29, 0.717) is 0 Å². The fourth-order valence-electron chi connectivity index (χ4n) is 2.13. The Balaban J connectivity index is 1.86. The first kappa shape index (κ1) is 14.8. The molecular weight excluding hydrogens is 280 g/mol. The highest BCUT2D eigenvalue weighted by Crippen LogP contribution is 2.14. The van der Waals surface area contributed by atoms with Gasteiger partial charge in [0.1, 0.15) is 5.75 Å². The highest BCUT2D eigenvalue weighted by Gasteiger charge is 2.19. The number of aromatic hydroxyl groups is 1. The first-order chi connectivity index (χ1) is 9.49. The van der Waals surface area contributed by atoms with Crippen LogP contribution in [0.3, 0.4) is 0 Å². The summed E-state index contributed by atoms with van der Waals surface area (Å²) in [7, 11) is -3.63. The third-order valence-corrected chi connectivity index (χ3v) is 4.71. The molecule has 0 aromatic heterocycles. The summed E-state index contributed by atoms with van der Waals surface area (Å²) in [6.45, 7) is 1.62. The van der Waals surface area contributed by atoms with Crippen molar-refractivity contribution < 1.29 is 18.3 Å². The number of carbonyl (C=O) groups excluding carboxylic acids is 1. The number of carbonyl (C=O) groups is 1. The van der Waals surface area contributed by atoms with Crippen LogP contribution in [0.5, 0.6) is 5.75 Å². The lowest BCUT2D eigenvalue weighted by molar-refractivity contribution is -0.129. The first-order valence-corrected chi connectivity index (χ1v) is 8.04. The number of rotatable bonds is 5. The smallest absolute Gasteiger partial charge is 0.240 e. The molecule has 2 N–H and O–H groups in total. The SMILES string of the molecule is O=C(CCNS(=O)(=O)c1ccc(O)cc1)N1CCCC1. The van der Waals surface area contributed by atoms with Gasteiger partial charge in [0.25, 0.3) is 0 Å². The minimum atomic E-state index is -3.63. The van der Waals surface area contributed by atoms with E-state index in [1.165, 1.54) is 24.3 Å². The van der Waals surface area contributed by atoms with E-state index in [1.54, 1.807) is 4.90 Å². The van der Waals surface area contributed by atoms with Crippen LogP contribution >= 0.6 is 0 Å². The van der Waals surface area contributed by atoms with E-state index in [0.717, 1.165) is 25.9 Å². The molecule has 6 nitrogen and oxygen atoms in total. The maximum atomic E-state index is 11.9. The molecule has 0 aliphatic carbocycles. The number of hydrogen-bond acceptors (Lipinski definition) is 4. The number of benzene rings is 1.